The second-order valence-electron chi connectivity index (χ2n) is 6.36. The van der Waals surface area contributed by atoms with Crippen LogP contribution in [0.5, 0.6) is 0 Å². The number of aromatic nitrogens is 2. The number of aryl methyl sites for hydroxylation is 2. The molecule has 1 saturated heterocycles. The van der Waals surface area contributed by atoms with Crippen molar-refractivity contribution in [3.05, 3.63) is 51.6 Å². The molecular weight excluding hydrogens is 342 g/mol. The first-order valence-corrected chi connectivity index (χ1v) is 9.76. The summed E-state index contributed by atoms with van der Waals surface area (Å²) in [4.78, 5) is 30.5. The lowest BCUT2D eigenvalue weighted by Crippen LogP contribution is -2.37. The molecule has 2 N–H and O–H groups in total. The lowest BCUT2D eigenvalue weighted by atomic mass is 10.0. The summed E-state index contributed by atoms with van der Waals surface area (Å²) in [6.07, 6.45) is 0.382. The van der Waals surface area contributed by atoms with E-state index in [-0.39, 0.29) is 17.2 Å². The summed E-state index contributed by atoms with van der Waals surface area (Å²) in [5.74, 6) is -0.511. The summed E-state index contributed by atoms with van der Waals surface area (Å²) in [5, 5.41) is 2.66. The minimum absolute atomic E-state index is 0.0672. The Morgan fingerprint density at radius 3 is 2.64 bits per heavy atom. The predicted molar refractivity (Wildman–Crippen MR) is 94.3 cm³/mol. The highest BCUT2D eigenvalue weighted by Crippen LogP contribution is 2.20. The molecule has 25 heavy (non-hydrogen) atoms. The van der Waals surface area contributed by atoms with E-state index in [0.717, 1.165) is 16.7 Å². The number of rotatable bonds is 3. The molecule has 7 nitrogen and oxygen atoms in total. The number of aromatic amines is 1. The molecule has 0 spiro atoms. The van der Waals surface area contributed by atoms with Crippen molar-refractivity contribution in [2.24, 2.45) is 0 Å². The highest BCUT2D eigenvalue weighted by molar-refractivity contribution is 7.91. The van der Waals surface area contributed by atoms with Crippen LogP contribution >= 0.6 is 0 Å². The average molecular weight is 361 g/mol. The Balaban J connectivity index is 1.87. The first-order valence-electron chi connectivity index (χ1n) is 7.94. The SMILES string of the molecule is Cc1ccc(-c2cc(C(=O)NC3CCS(=O)(=O)C3)[nH]c(=O)n2)cc1C. The number of H-pyrrole nitrogens is 1. The van der Waals surface area contributed by atoms with Crippen molar-refractivity contribution in [2.75, 3.05) is 11.5 Å². The summed E-state index contributed by atoms with van der Waals surface area (Å²) in [5.41, 5.74) is 2.76. The van der Waals surface area contributed by atoms with Crippen molar-refractivity contribution in [1.29, 1.82) is 0 Å². The van der Waals surface area contributed by atoms with Gasteiger partial charge in [-0.25, -0.2) is 13.2 Å². The summed E-state index contributed by atoms with van der Waals surface area (Å²) in [7, 11) is -3.09. The molecule has 2 aromatic rings. The standard InChI is InChI=1S/C17H19N3O4S/c1-10-3-4-12(7-11(10)2)14-8-15(20-17(22)19-14)16(21)18-13-5-6-25(23,24)9-13/h3-4,7-8,13H,5-6,9H2,1-2H3,(H,18,21)(H,19,20,22). The van der Waals surface area contributed by atoms with Gasteiger partial charge in [-0.15, -0.1) is 0 Å². The zero-order chi connectivity index (χ0) is 18.2. The molecule has 0 bridgehead atoms. The molecule has 1 unspecified atom stereocenters. The van der Waals surface area contributed by atoms with Gasteiger partial charge in [0, 0.05) is 11.6 Å². The molecule has 1 fully saturated rings. The number of nitrogens with zero attached hydrogens (tertiary/aromatic N) is 1. The summed E-state index contributed by atoms with van der Waals surface area (Å²) >= 11 is 0. The maximum Gasteiger partial charge on any atom is 0.346 e. The zero-order valence-electron chi connectivity index (χ0n) is 14.0. The van der Waals surface area contributed by atoms with Gasteiger partial charge in [-0.05, 0) is 43.5 Å². The van der Waals surface area contributed by atoms with Crippen LogP contribution in [-0.2, 0) is 9.84 Å². The second-order valence-corrected chi connectivity index (χ2v) is 8.59. The fourth-order valence-electron chi connectivity index (χ4n) is 2.80. The highest BCUT2D eigenvalue weighted by Gasteiger charge is 2.29. The number of carbonyl (C=O) groups is 1. The third-order valence-corrected chi connectivity index (χ3v) is 6.13. The Morgan fingerprint density at radius 1 is 1.24 bits per heavy atom. The number of carbonyl (C=O) groups excluding carboxylic acids is 1. The molecule has 1 amide bonds. The molecule has 1 atom stereocenters. The number of hydrogen-bond acceptors (Lipinski definition) is 5. The van der Waals surface area contributed by atoms with Crippen LogP contribution in [-0.4, -0.2) is 41.8 Å². The van der Waals surface area contributed by atoms with Crippen molar-refractivity contribution in [3.63, 3.8) is 0 Å². The summed E-state index contributed by atoms with van der Waals surface area (Å²) in [6.45, 7) is 3.94. The van der Waals surface area contributed by atoms with E-state index in [1.807, 2.05) is 32.0 Å². The van der Waals surface area contributed by atoms with Gasteiger partial charge in [0.1, 0.15) is 5.69 Å². The maximum absolute atomic E-state index is 12.4. The molecule has 8 heteroatoms. The summed E-state index contributed by atoms with van der Waals surface area (Å²) in [6, 6.07) is 6.75. The van der Waals surface area contributed by atoms with Crippen LogP contribution in [0, 0.1) is 13.8 Å². The maximum atomic E-state index is 12.4. The van der Waals surface area contributed by atoms with Crippen LogP contribution in [0.15, 0.2) is 29.1 Å². The van der Waals surface area contributed by atoms with Gasteiger partial charge in [-0.3, -0.25) is 4.79 Å². The van der Waals surface area contributed by atoms with Gasteiger partial charge in [0.15, 0.2) is 9.84 Å². The van der Waals surface area contributed by atoms with Crippen molar-refractivity contribution in [1.82, 2.24) is 15.3 Å². The number of amides is 1. The lowest BCUT2D eigenvalue weighted by molar-refractivity contribution is 0.0935. The summed E-state index contributed by atoms with van der Waals surface area (Å²) < 4.78 is 23.0. The van der Waals surface area contributed by atoms with Crippen molar-refractivity contribution >= 4 is 15.7 Å². The molecule has 1 aromatic heterocycles. The Kier molecular flexibility index (Phi) is 4.47. The van der Waals surface area contributed by atoms with Gasteiger partial charge in [0.05, 0.1) is 17.2 Å². The first kappa shape index (κ1) is 17.3. The van der Waals surface area contributed by atoms with Crippen LogP contribution < -0.4 is 11.0 Å². The number of nitrogens with one attached hydrogen (secondary N) is 2. The van der Waals surface area contributed by atoms with Crippen molar-refractivity contribution < 1.29 is 13.2 Å². The molecule has 1 aromatic carbocycles. The van der Waals surface area contributed by atoms with Crippen molar-refractivity contribution in [2.45, 2.75) is 26.3 Å². The molecule has 0 aliphatic carbocycles. The van der Waals surface area contributed by atoms with Crippen LogP contribution in [0.3, 0.4) is 0 Å². The van der Waals surface area contributed by atoms with Crippen LogP contribution in [0.1, 0.15) is 28.0 Å². The zero-order valence-corrected chi connectivity index (χ0v) is 14.8. The molecule has 0 radical (unpaired) electrons. The minimum Gasteiger partial charge on any atom is -0.347 e. The predicted octanol–water partition coefficient (Wildman–Crippen LogP) is 0.971. The fourth-order valence-corrected chi connectivity index (χ4v) is 4.47. The van der Waals surface area contributed by atoms with Gasteiger partial charge >= 0.3 is 5.69 Å². The molecule has 1 aliphatic heterocycles. The van der Waals surface area contributed by atoms with E-state index in [9.17, 15) is 18.0 Å². The quantitative estimate of drug-likeness (QED) is 0.847. The fraction of sp³-hybridized carbons (Fsp3) is 0.353. The molecule has 2 heterocycles. The van der Waals surface area contributed by atoms with Crippen molar-refractivity contribution in [3.8, 4) is 11.3 Å². The Labute approximate surface area is 145 Å². The third kappa shape index (κ3) is 3.96. The van der Waals surface area contributed by atoms with Gasteiger partial charge in [0.25, 0.3) is 5.91 Å². The first-order chi connectivity index (χ1) is 11.7. The van der Waals surface area contributed by atoms with E-state index < -0.39 is 27.5 Å². The molecule has 0 saturated carbocycles. The minimum atomic E-state index is -3.09. The number of hydrogen-bond donors (Lipinski definition) is 2. The second kappa shape index (κ2) is 6.44. The van der Waals surface area contributed by atoms with Gasteiger partial charge in [-0.2, -0.15) is 4.98 Å². The number of sulfone groups is 1. The Morgan fingerprint density at radius 2 is 2.00 bits per heavy atom. The largest absolute Gasteiger partial charge is 0.347 e. The normalized spacial score (nSPS) is 18.9. The van der Waals surface area contributed by atoms with E-state index in [1.165, 1.54) is 6.07 Å². The molecular formula is C17H19N3O4S. The van der Waals surface area contributed by atoms with E-state index in [1.54, 1.807) is 0 Å². The molecule has 3 rings (SSSR count). The van der Waals surface area contributed by atoms with E-state index in [0.29, 0.717) is 12.1 Å². The lowest BCUT2D eigenvalue weighted by Gasteiger charge is -2.11. The Bertz CT molecular complexity index is 995. The number of benzene rings is 1. The van der Waals surface area contributed by atoms with Crippen LogP contribution in [0.4, 0.5) is 0 Å². The van der Waals surface area contributed by atoms with E-state index >= 15 is 0 Å². The smallest absolute Gasteiger partial charge is 0.346 e. The van der Waals surface area contributed by atoms with E-state index in [2.05, 4.69) is 15.3 Å². The van der Waals surface area contributed by atoms with Gasteiger partial charge in [0.2, 0.25) is 0 Å². The third-order valence-electron chi connectivity index (χ3n) is 4.36. The highest BCUT2D eigenvalue weighted by atomic mass is 32.2. The topological polar surface area (TPSA) is 109 Å². The van der Waals surface area contributed by atoms with Gasteiger partial charge in [-0.1, -0.05) is 12.1 Å². The Hall–Kier alpha value is -2.48. The average Bonchev–Trinajstić information content (AvgIpc) is 2.88. The van der Waals surface area contributed by atoms with Crippen LogP contribution in [0.25, 0.3) is 11.3 Å². The van der Waals surface area contributed by atoms with E-state index in [4.69, 9.17) is 0 Å². The van der Waals surface area contributed by atoms with Crippen LogP contribution in [0.2, 0.25) is 0 Å². The van der Waals surface area contributed by atoms with Gasteiger partial charge < -0.3 is 10.3 Å². The molecule has 1 aliphatic rings. The monoisotopic (exact) mass is 361 g/mol. The molecule has 132 valence electrons.